The minimum Gasteiger partial charge on any atom is -0.469 e. The molecule has 0 saturated carbocycles. The van der Waals surface area contributed by atoms with Crippen molar-refractivity contribution in [3.8, 4) is 0 Å². The maximum atomic E-state index is 11.1. The molecule has 2 heterocycles. The summed E-state index contributed by atoms with van der Waals surface area (Å²) in [6.45, 7) is 3.02. The molecular formula is C12H15N3O3S. The van der Waals surface area contributed by atoms with Gasteiger partial charge in [0.1, 0.15) is 0 Å². The van der Waals surface area contributed by atoms with E-state index in [0.29, 0.717) is 31.2 Å². The Labute approximate surface area is 114 Å². The third-order valence-electron chi connectivity index (χ3n) is 2.41. The van der Waals surface area contributed by atoms with Crippen molar-refractivity contribution in [3.63, 3.8) is 0 Å². The second-order valence-electron chi connectivity index (χ2n) is 3.96. The fourth-order valence-electron chi connectivity index (χ4n) is 1.53. The van der Waals surface area contributed by atoms with Crippen molar-refractivity contribution in [2.45, 2.75) is 26.4 Å². The SMILES string of the molecule is COC(=O)Cc1ccc(CNCc2nc(C)no2)s1. The van der Waals surface area contributed by atoms with Gasteiger partial charge in [-0.15, -0.1) is 11.3 Å². The van der Waals surface area contributed by atoms with E-state index in [1.807, 2.05) is 12.1 Å². The molecule has 0 amide bonds. The number of carbonyl (C=O) groups is 1. The minimum absolute atomic E-state index is 0.220. The molecule has 0 aliphatic rings. The van der Waals surface area contributed by atoms with Crippen molar-refractivity contribution >= 4 is 17.3 Å². The second-order valence-corrected chi connectivity index (χ2v) is 5.21. The Balaban J connectivity index is 1.78. The van der Waals surface area contributed by atoms with Crippen LogP contribution in [0.15, 0.2) is 16.7 Å². The first-order valence-electron chi connectivity index (χ1n) is 5.81. The molecule has 2 aromatic rings. The molecule has 0 atom stereocenters. The highest BCUT2D eigenvalue weighted by molar-refractivity contribution is 7.12. The first-order chi connectivity index (χ1) is 9.17. The van der Waals surface area contributed by atoms with Gasteiger partial charge in [0.15, 0.2) is 5.82 Å². The summed E-state index contributed by atoms with van der Waals surface area (Å²) >= 11 is 1.59. The van der Waals surface area contributed by atoms with Crippen LogP contribution in [0.25, 0.3) is 0 Å². The molecule has 0 unspecified atom stereocenters. The van der Waals surface area contributed by atoms with Gasteiger partial charge in [-0.3, -0.25) is 4.79 Å². The van der Waals surface area contributed by atoms with E-state index in [2.05, 4.69) is 20.2 Å². The Kier molecular flexibility index (Phi) is 4.64. The highest BCUT2D eigenvalue weighted by Gasteiger charge is 2.07. The molecule has 0 aromatic carbocycles. The number of aromatic nitrogens is 2. The van der Waals surface area contributed by atoms with E-state index >= 15 is 0 Å². The molecule has 0 spiro atoms. The summed E-state index contributed by atoms with van der Waals surface area (Å²) in [6, 6.07) is 3.93. The number of ether oxygens (including phenoxy) is 1. The third kappa shape index (κ3) is 4.15. The quantitative estimate of drug-likeness (QED) is 0.807. The fraction of sp³-hybridized carbons (Fsp3) is 0.417. The molecule has 19 heavy (non-hydrogen) atoms. The average Bonchev–Trinajstić information content (AvgIpc) is 2.99. The standard InChI is InChI=1S/C12H15N3O3S/c1-8-14-11(18-15-8)7-13-6-10-4-3-9(19-10)5-12(16)17-2/h3-4,13H,5-7H2,1-2H3. The first-order valence-corrected chi connectivity index (χ1v) is 6.63. The summed E-state index contributed by atoms with van der Waals surface area (Å²) < 4.78 is 9.62. The molecule has 1 N–H and O–H groups in total. The van der Waals surface area contributed by atoms with Gasteiger partial charge >= 0.3 is 5.97 Å². The Hall–Kier alpha value is -1.73. The maximum Gasteiger partial charge on any atom is 0.310 e. The first kappa shape index (κ1) is 13.7. The molecule has 6 nitrogen and oxygen atoms in total. The van der Waals surface area contributed by atoms with Crippen LogP contribution in [-0.2, 0) is 29.0 Å². The van der Waals surface area contributed by atoms with Crippen LogP contribution in [0.2, 0.25) is 0 Å². The number of aryl methyl sites for hydroxylation is 1. The van der Waals surface area contributed by atoms with E-state index in [-0.39, 0.29) is 5.97 Å². The molecule has 0 saturated heterocycles. The molecule has 102 valence electrons. The summed E-state index contributed by atoms with van der Waals surface area (Å²) in [5.41, 5.74) is 0. The van der Waals surface area contributed by atoms with Crippen molar-refractivity contribution in [3.05, 3.63) is 33.6 Å². The van der Waals surface area contributed by atoms with E-state index < -0.39 is 0 Å². The number of esters is 1. The van der Waals surface area contributed by atoms with E-state index in [4.69, 9.17) is 4.52 Å². The molecule has 2 aromatic heterocycles. The van der Waals surface area contributed by atoms with Gasteiger partial charge in [-0.1, -0.05) is 5.16 Å². The lowest BCUT2D eigenvalue weighted by molar-refractivity contribution is -0.139. The van der Waals surface area contributed by atoms with Gasteiger partial charge in [0.25, 0.3) is 0 Å². The topological polar surface area (TPSA) is 77.2 Å². The van der Waals surface area contributed by atoms with Gasteiger partial charge in [-0.25, -0.2) is 0 Å². The Morgan fingerprint density at radius 1 is 1.42 bits per heavy atom. The van der Waals surface area contributed by atoms with Crippen LogP contribution >= 0.6 is 11.3 Å². The van der Waals surface area contributed by atoms with E-state index in [1.54, 1.807) is 18.3 Å². The van der Waals surface area contributed by atoms with Crippen molar-refractivity contribution < 1.29 is 14.1 Å². The van der Waals surface area contributed by atoms with Crippen molar-refractivity contribution in [2.24, 2.45) is 0 Å². The van der Waals surface area contributed by atoms with E-state index in [0.717, 1.165) is 9.75 Å². The number of carbonyl (C=O) groups excluding carboxylic acids is 1. The number of methoxy groups -OCH3 is 1. The van der Waals surface area contributed by atoms with Gasteiger partial charge in [-0.2, -0.15) is 4.98 Å². The molecule has 0 bridgehead atoms. The van der Waals surface area contributed by atoms with Gasteiger partial charge < -0.3 is 14.6 Å². The monoisotopic (exact) mass is 281 g/mol. The van der Waals surface area contributed by atoms with Crippen LogP contribution in [0, 0.1) is 6.92 Å². The highest BCUT2D eigenvalue weighted by atomic mass is 32.1. The molecule has 0 aliphatic carbocycles. The fourth-order valence-corrected chi connectivity index (χ4v) is 2.50. The maximum absolute atomic E-state index is 11.1. The van der Waals surface area contributed by atoms with Crippen LogP contribution < -0.4 is 5.32 Å². The van der Waals surface area contributed by atoms with Gasteiger partial charge in [0, 0.05) is 16.3 Å². The Morgan fingerprint density at radius 2 is 2.21 bits per heavy atom. The molecular weight excluding hydrogens is 266 g/mol. The molecule has 0 radical (unpaired) electrons. The zero-order valence-electron chi connectivity index (χ0n) is 10.8. The predicted octanol–water partition coefficient (Wildman–Crippen LogP) is 1.44. The summed E-state index contributed by atoms with van der Waals surface area (Å²) in [4.78, 5) is 17.4. The van der Waals surface area contributed by atoms with Crippen molar-refractivity contribution in [1.29, 1.82) is 0 Å². The zero-order chi connectivity index (χ0) is 13.7. The van der Waals surface area contributed by atoms with E-state index in [9.17, 15) is 4.79 Å². The van der Waals surface area contributed by atoms with Crippen LogP contribution in [0.4, 0.5) is 0 Å². The average molecular weight is 281 g/mol. The normalized spacial score (nSPS) is 10.6. The second kappa shape index (κ2) is 6.44. The number of thiophene rings is 1. The minimum atomic E-state index is -0.220. The van der Waals surface area contributed by atoms with Crippen LogP contribution in [0.5, 0.6) is 0 Å². The van der Waals surface area contributed by atoms with Crippen LogP contribution in [0.3, 0.4) is 0 Å². The molecule has 0 aliphatic heterocycles. The smallest absolute Gasteiger partial charge is 0.310 e. The molecule has 0 fully saturated rings. The largest absolute Gasteiger partial charge is 0.469 e. The van der Waals surface area contributed by atoms with Crippen molar-refractivity contribution in [2.75, 3.05) is 7.11 Å². The number of hydrogen-bond acceptors (Lipinski definition) is 7. The van der Waals surface area contributed by atoms with Gasteiger partial charge in [0.05, 0.1) is 20.1 Å². The molecule has 7 heteroatoms. The zero-order valence-corrected chi connectivity index (χ0v) is 11.6. The van der Waals surface area contributed by atoms with Gasteiger partial charge in [-0.05, 0) is 19.1 Å². The number of hydrogen-bond donors (Lipinski definition) is 1. The summed E-state index contributed by atoms with van der Waals surface area (Å²) in [7, 11) is 1.39. The van der Waals surface area contributed by atoms with Crippen LogP contribution in [0.1, 0.15) is 21.5 Å². The van der Waals surface area contributed by atoms with Gasteiger partial charge in [0.2, 0.25) is 5.89 Å². The lowest BCUT2D eigenvalue weighted by Crippen LogP contribution is -2.11. The summed E-state index contributed by atoms with van der Waals surface area (Å²) in [5, 5.41) is 6.92. The lowest BCUT2D eigenvalue weighted by Gasteiger charge is -1.98. The third-order valence-corrected chi connectivity index (χ3v) is 3.49. The van der Waals surface area contributed by atoms with Crippen LogP contribution in [-0.4, -0.2) is 23.2 Å². The Bertz CT molecular complexity index is 550. The van der Waals surface area contributed by atoms with Crippen molar-refractivity contribution in [1.82, 2.24) is 15.5 Å². The predicted molar refractivity (Wildman–Crippen MR) is 69.6 cm³/mol. The molecule has 2 rings (SSSR count). The number of nitrogens with one attached hydrogen (secondary N) is 1. The Morgan fingerprint density at radius 3 is 2.89 bits per heavy atom. The summed E-state index contributed by atoms with van der Waals surface area (Å²) in [5.74, 6) is 0.986. The highest BCUT2D eigenvalue weighted by Crippen LogP contribution is 2.17. The summed E-state index contributed by atoms with van der Waals surface area (Å²) in [6.07, 6.45) is 0.323. The van der Waals surface area contributed by atoms with E-state index in [1.165, 1.54) is 7.11 Å². The number of nitrogens with zero attached hydrogens (tertiary/aromatic N) is 2. The number of rotatable bonds is 6. The lowest BCUT2D eigenvalue weighted by atomic mass is 10.3.